The molecule has 0 spiro atoms. The van der Waals surface area contributed by atoms with Gasteiger partial charge in [0.05, 0.1) is 0 Å². The van der Waals surface area contributed by atoms with Gasteiger partial charge in [0.2, 0.25) is 0 Å². The predicted octanol–water partition coefficient (Wildman–Crippen LogP) is 3.31. The van der Waals surface area contributed by atoms with Gasteiger partial charge in [0, 0.05) is 17.9 Å². The molecule has 2 heteroatoms. The third-order valence-corrected chi connectivity index (χ3v) is 2.76. The highest BCUT2D eigenvalue weighted by molar-refractivity contribution is 5.52. The van der Waals surface area contributed by atoms with Gasteiger partial charge in [0.1, 0.15) is 0 Å². The molecule has 88 valence electrons. The zero-order chi connectivity index (χ0) is 11.9. The summed E-state index contributed by atoms with van der Waals surface area (Å²) < 4.78 is 0. The smallest absolute Gasteiger partial charge is 0.0372 e. The lowest BCUT2D eigenvalue weighted by molar-refractivity contribution is 0.830. The lowest BCUT2D eigenvalue weighted by atomic mass is 10.0. The van der Waals surface area contributed by atoms with E-state index in [1.807, 2.05) is 30.3 Å². The number of aryl methyl sites for hydroxylation is 1. The van der Waals surface area contributed by atoms with Gasteiger partial charge in [-0.05, 0) is 36.6 Å². The standard InChI is InChI=1S/C9H11N.C6H7N/c1-2-6-9-8(4-1)5-3-7-10-9;7-6-4-2-1-3-5-6/h1-2,4,6,10H,3,5,7H2;1-5H,7H2. The molecule has 0 atom stereocenters. The molecule has 0 bridgehead atoms. The van der Waals surface area contributed by atoms with Crippen LogP contribution >= 0.6 is 0 Å². The molecular formula is C15H18N2. The zero-order valence-corrected chi connectivity index (χ0v) is 9.89. The summed E-state index contributed by atoms with van der Waals surface area (Å²) in [6, 6.07) is 18.0. The Hall–Kier alpha value is -1.96. The molecular weight excluding hydrogens is 208 g/mol. The molecule has 0 unspecified atom stereocenters. The summed E-state index contributed by atoms with van der Waals surface area (Å²) in [4.78, 5) is 0. The van der Waals surface area contributed by atoms with Crippen LogP contribution < -0.4 is 11.1 Å². The summed E-state index contributed by atoms with van der Waals surface area (Å²) in [6.45, 7) is 1.14. The summed E-state index contributed by atoms with van der Waals surface area (Å²) >= 11 is 0. The Morgan fingerprint density at radius 3 is 2.24 bits per heavy atom. The Balaban J connectivity index is 0.000000136. The third-order valence-electron chi connectivity index (χ3n) is 2.76. The van der Waals surface area contributed by atoms with E-state index >= 15 is 0 Å². The number of benzene rings is 2. The normalized spacial score (nSPS) is 12.7. The third kappa shape index (κ3) is 3.52. The Morgan fingerprint density at radius 1 is 0.882 bits per heavy atom. The molecule has 0 radical (unpaired) electrons. The van der Waals surface area contributed by atoms with Gasteiger partial charge in [-0.1, -0.05) is 36.4 Å². The second-order valence-corrected chi connectivity index (χ2v) is 4.10. The Kier molecular flexibility index (Phi) is 4.03. The van der Waals surface area contributed by atoms with Crippen molar-refractivity contribution in [2.24, 2.45) is 0 Å². The molecule has 1 aliphatic heterocycles. The van der Waals surface area contributed by atoms with Crippen molar-refractivity contribution in [2.45, 2.75) is 12.8 Å². The van der Waals surface area contributed by atoms with Gasteiger partial charge in [-0.25, -0.2) is 0 Å². The van der Waals surface area contributed by atoms with Crippen molar-refractivity contribution in [3.05, 3.63) is 60.2 Å². The van der Waals surface area contributed by atoms with E-state index in [-0.39, 0.29) is 0 Å². The second-order valence-electron chi connectivity index (χ2n) is 4.10. The SMILES string of the molecule is Nc1ccccc1.c1ccc2c(c1)CCCN2. The van der Waals surface area contributed by atoms with E-state index in [0.29, 0.717) is 0 Å². The maximum Gasteiger partial charge on any atom is 0.0372 e. The number of nitrogen functional groups attached to an aromatic ring is 1. The largest absolute Gasteiger partial charge is 0.399 e. The first-order valence-corrected chi connectivity index (χ1v) is 5.98. The Morgan fingerprint density at radius 2 is 1.59 bits per heavy atom. The number of hydrogen-bond acceptors (Lipinski definition) is 2. The number of rotatable bonds is 0. The monoisotopic (exact) mass is 226 g/mol. The summed E-state index contributed by atoms with van der Waals surface area (Å²) in [5.74, 6) is 0. The molecule has 2 aromatic rings. The van der Waals surface area contributed by atoms with Crippen LogP contribution in [0.5, 0.6) is 0 Å². The van der Waals surface area contributed by atoms with Crippen molar-refractivity contribution >= 4 is 11.4 Å². The fourth-order valence-electron chi connectivity index (χ4n) is 1.87. The molecule has 0 aromatic heterocycles. The van der Waals surface area contributed by atoms with Crippen LogP contribution in [0.2, 0.25) is 0 Å². The quantitative estimate of drug-likeness (QED) is 0.676. The number of nitrogens with one attached hydrogen (secondary N) is 1. The van der Waals surface area contributed by atoms with Crippen molar-refractivity contribution in [1.29, 1.82) is 0 Å². The zero-order valence-electron chi connectivity index (χ0n) is 9.89. The average Bonchev–Trinajstić information content (AvgIpc) is 2.41. The molecule has 0 saturated heterocycles. The molecule has 0 fully saturated rings. The van der Waals surface area contributed by atoms with E-state index in [1.165, 1.54) is 24.1 Å². The van der Waals surface area contributed by atoms with Crippen LogP contribution in [-0.4, -0.2) is 6.54 Å². The molecule has 2 aromatic carbocycles. The fourth-order valence-corrected chi connectivity index (χ4v) is 1.87. The fraction of sp³-hybridized carbons (Fsp3) is 0.200. The summed E-state index contributed by atoms with van der Waals surface area (Å²) in [5, 5.41) is 3.36. The minimum Gasteiger partial charge on any atom is -0.399 e. The van der Waals surface area contributed by atoms with E-state index in [2.05, 4.69) is 29.6 Å². The molecule has 0 saturated carbocycles. The number of para-hydroxylation sites is 2. The topological polar surface area (TPSA) is 38.0 Å². The van der Waals surface area contributed by atoms with E-state index in [4.69, 9.17) is 5.73 Å². The van der Waals surface area contributed by atoms with Gasteiger partial charge in [-0.15, -0.1) is 0 Å². The van der Waals surface area contributed by atoms with E-state index in [9.17, 15) is 0 Å². The second kappa shape index (κ2) is 5.94. The minimum absolute atomic E-state index is 0.822. The number of anilines is 2. The van der Waals surface area contributed by atoms with Gasteiger partial charge >= 0.3 is 0 Å². The van der Waals surface area contributed by atoms with E-state index < -0.39 is 0 Å². The highest BCUT2D eigenvalue weighted by atomic mass is 14.9. The van der Waals surface area contributed by atoms with E-state index in [0.717, 1.165) is 12.2 Å². The van der Waals surface area contributed by atoms with Crippen LogP contribution in [0.25, 0.3) is 0 Å². The lowest BCUT2D eigenvalue weighted by Crippen LogP contribution is -2.10. The Bertz CT molecular complexity index is 426. The molecule has 1 aliphatic rings. The molecule has 3 rings (SSSR count). The number of fused-ring (bicyclic) bond motifs is 1. The highest BCUT2D eigenvalue weighted by Gasteiger charge is 2.04. The van der Waals surface area contributed by atoms with Gasteiger partial charge in [-0.2, -0.15) is 0 Å². The van der Waals surface area contributed by atoms with Crippen LogP contribution in [0, 0.1) is 0 Å². The predicted molar refractivity (Wildman–Crippen MR) is 74.1 cm³/mol. The van der Waals surface area contributed by atoms with Gasteiger partial charge in [0.15, 0.2) is 0 Å². The summed E-state index contributed by atoms with van der Waals surface area (Å²) in [7, 11) is 0. The summed E-state index contributed by atoms with van der Waals surface area (Å²) in [5.41, 5.74) is 8.97. The molecule has 17 heavy (non-hydrogen) atoms. The molecule has 3 N–H and O–H groups in total. The summed E-state index contributed by atoms with van der Waals surface area (Å²) in [6.07, 6.45) is 2.51. The maximum atomic E-state index is 5.36. The lowest BCUT2D eigenvalue weighted by Gasteiger charge is -2.16. The van der Waals surface area contributed by atoms with Crippen LogP contribution in [-0.2, 0) is 6.42 Å². The Labute approximate surface area is 102 Å². The van der Waals surface area contributed by atoms with Gasteiger partial charge < -0.3 is 11.1 Å². The minimum atomic E-state index is 0.822. The van der Waals surface area contributed by atoms with Crippen LogP contribution in [0.15, 0.2) is 54.6 Å². The molecule has 2 nitrogen and oxygen atoms in total. The first-order chi connectivity index (χ1) is 8.36. The van der Waals surface area contributed by atoms with Crippen LogP contribution in [0.1, 0.15) is 12.0 Å². The number of nitrogens with two attached hydrogens (primary N) is 1. The molecule has 0 aliphatic carbocycles. The van der Waals surface area contributed by atoms with Crippen LogP contribution in [0.3, 0.4) is 0 Å². The molecule has 1 heterocycles. The van der Waals surface area contributed by atoms with Crippen molar-refractivity contribution in [3.63, 3.8) is 0 Å². The first kappa shape index (κ1) is 11.5. The van der Waals surface area contributed by atoms with E-state index in [1.54, 1.807) is 0 Å². The van der Waals surface area contributed by atoms with Crippen LogP contribution in [0.4, 0.5) is 11.4 Å². The number of hydrogen-bond donors (Lipinski definition) is 2. The average molecular weight is 226 g/mol. The maximum absolute atomic E-state index is 5.36. The van der Waals surface area contributed by atoms with Crippen molar-refractivity contribution in [1.82, 2.24) is 0 Å². The first-order valence-electron chi connectivity index (χ1n) is 5.98. The van der Waals surface area contributed by atoms with Gasteiger partial charge in [-0.3, -0.25) is 0 Å². The van der Waals surface area contributed by atoms with Crippen molar-refractivity contribution in [3.8, 4) is 0 Å². The highest BCUT2D eigenvalue weighted by Crippen LogP contribution is 2.20. The van der Waals surface area contributed by atoms with Gasteiger partial charge in [0.25, 0.3) is 0 Å². The molecule has 0 amide bonds. The van der Waals surface area contributed by atoms with Crippen molar-refractivity contribution < 1.29 is 0 Å². The van der Waals surface area contributed by atoms with Crippen molar-refractivity contribution in [2.75, 3.05) is 17.6 Å².